The van der Waals surface area contributed by atoms with Gasteiger partial charge in [-0.25, -0.2) is 0 Å². The first-order chi connectivity index (χ1) is 20.6. The summed E-state index contributed by atoms with van der Waals surface area (Å²) < 4.78 is 5.14. The van der Waals surface area contributed by atoms with Gasteiger partial charge in [0.15, 0.2) is 0 Å². The maximum absolute atomic E-state index is 13.7. The van der Waals surface area contributed by atoms with Crippen molar-refractivity contribution in [1.29, 1.82) is 0 Å². The number of benzene rings is 4. The molecule has 0 bridgehead atoms. The van der Waals surface area contributed by atoms with Gasteiger partial charge in [-0.1, -0.05) is 91.0 Å². The Labute approximate surface area is 248 Å². The van der Waals surface area contributed by atoms with E-state index < -0.39 is 5.92 Å². The molecule has 216 valence electrons. The van der Waals surface area contributed by atoms with E-state index in [1.165, 1.54) is 5.56 Å². The number of hydrogen-bond acceptors (Lipinski definition) is 4. The molecule has 5 rings (SSSR count). The van der Waals surface area contributed by atoms with E-state index in [0.717, 1.165) is 49.2 Å². The highest BCUT2D eigenvalue weighted by Gasteiger charge is 2.26. The van der Waals surface area contributed by atoms with Gasteiger partial charge in [-0.2, -0.15) is 0 Å². The first kappa shape index (κ1) is 29.1. The predicted octanol–water partition coefficient (Wildman–Crippen LogP) is 6.29. The second-order valence-electron chi connectivity index (χ2n) is 10.8. The zero-order valence-corrected chi connectivity index (χ0v) is 24.2. The molecule has 1 aliphatic rings. The van der Waals surface area contributed by atoms with Crippen LogP contribution in [0.2, 0.25) is 0 Å². The number of anilines is 2. The van der Waals surface area contributed by atoms with Crippen LogP contribution in [0.5, 0.6) is 0 Å². The zero-order chi connectivity index (χ0) is 29.1. The summed E-state index contributed by atoms with van der Waals surface area (Å²) >= 11 is 0. The molecule has 42 heavy (non-hydrogen) atoms. The van der Waals surface area contributed by atoms with E-state index in [1.54, 1.807) is 13.2 Å². The smallest absolute Gasteiger partial charge is 0.253 e. The second kappa shape index (κ2) is 14.5. The number of carbonyl (C=O) groups is 2. The average molecular weight is 562 g/mol. The van der Waals surface area contributed by atoms with Crippen LogP contribution in [0.3, 0.4) is 0 Å². The molecule has 1 aliphatic heterocycles. The van der Waals surface area contributed by atoms with E-state index in [2.05, 4.69) is 45.9 Å². The summed E-state index contributed by atoms with van der Waals surface area (Å²) in [5.74, 6) is -0.177. The fourth-order valence-corrected chi connectivity index (χ4v) is 5.76. The van der Waals surface area contributed by atoms with Gasteiger partial charge in [-0.15, -0.1) is 0 Å². The SMILES string of the molecule is COCCNC(=O)c1cc(NC(=O)C(c2ccccc2)c2ccccc2)ccc1N1CCC(Cc2ccccc2)CC1. The lowest BCUT2D eigenvalue weighted by atomic mass is 9.89. The number of hydrogen-bond donors (Lipinski definition) is 2. The molecule has 0 spiro atoms. The Bertz CT molecular complexity index is 1400. The molecule has 1 fully saturated rings. The van der Waals surface area contributed by atoms with Crippen LogP contribution >= 0.6 is 0 Å². The van der Waals surface area contributed by atoms with Crippen molar-refractivity contribution in [2.24, 2.45) is 5.92 Å². The van der Waals surface area contributed by atoms with Crippen molar-refractivity contribution in [2.45, 2.75) is 25.2 Å². The number of nitrogens with one attached hydrogen (secondary N) is 2. The maximum atomic E-state index is 13.7. The van der Waals surface area contributed by atoms with E-state index in [1.807, 2.05) is 72.8 Å². The summed E-state index contributed by atoms with van der Waals surface area (Å²) in [6.45, 7) is 2.60. The van der Waals surface area contributed by atoms with Crippen LogP contribution in [0.1, 0.15) is 45.8 Å². The van der Waals surface area contributed by atoms with Crippen LogP contribution in [-0.2, 0) is 16.0 Å². The number of piperidine rings is 1. The van der Waals surface area contributed by atoms with E-state index in [-0.39, 0.29) is 11.8 Å². The third-order valence-electron chi connectivity index (χ3n) is 7.95. The fraction of sp³-hybridized carbons (Fsp3) is 0.278. The topological polar surface area (TPSA) is 70.7 Å². The third-order valence-corrected chi connectivity index (χ3v) is 7.95. The molecule has 6 nitrogen and oxygen atoms in total. The van der Waals surface area contributed by atoms with Crippen LogP contribution in [0, 0.1) is 5.92 Å². The Kier molecular flexibility index (Phi) is 10.0. The lowest BCUT2D eigenvalue weighted by Crippen LogP contribution is -2.36. The van der Waals surface area contributed by atoms with Crippen molar-refractivity contribution >= 4 is 23.2 Å². The molecule has 1 saturated heterocycles. The molecule has 2 amide bonds. The highest BCUT2D eigenvalue weighted by atomic mass is 16.5. The van der Waals surface area contributed by atoms with Crippen LogP contribution < -0.4 is 15.5 Å². The highest BCUT2D eigenvalue weighted by Crippen LogP contribution is 2.31. The largest absolute Gasteiger partial charge is 0.383 e. The summed E-state index contributed by atoms with van der Waals surface area (Å²) in [6.07, 6.45) is 3.20. The minimum atomic E-state index is -0.477. The Morgan fingerprint density at radius 3 is 2.02 bits per heavy atom. The van der Waals surface area contributed by atoms with Gasteiger partial charge >= 0.3 is 0 Å². The van der Waals surface area contributed by atoms with Crippen molar-refractivity contribution in [2.75, 3.05) is 43.6 Å². The summed E-state index contributed by atoms with van der Waals surface area (Å²) in [5, 5.41) is 6.08. The second-order valence-corrected chi connectivity index (χ2v) is 10.8. The summed E-state index contributed by atoms with van der Waals surface area (Å²) in [6, 6.07) is 35.9. The molecule has 0 saturated carbocycles. The first-order valence-corrected chi connectivity index (χ1v) is 14.7. The Morgan fingerprint density at radius 1 is 0.833 bits per heavy atom. The van der Waals surface area contributed by atoms with Gasteiger partial charge in [0.1, 0.15) is 0 Å². The minimum absolute atomic E-state index is 0.146. The van der Waals surface area contributed by atoms with Gasteiger partial charge in [0, 0.05) is 38.1 Å². The molecular formula is C36H39N3O3. The zero-order valence-electron chi connectivity index (χ0n) is 24.2. The lowest BCUT2D eigenvalue weighted by Gasteiger charge is -2.35. The standard InChI is InChI=1S/C36H39N3O3/c1-42-24-21-37-35(40)32-26-31(38-36(41)34(29-13-7-3-8-14-29)30-15-9-4-10-16-30)17-18-33(32)39-22-19-28(20-23-39)25-27-11-5-2-6-12-27/h2-18,26,28,34H,19-25H2,1H3,(H,37,40)(H,38,41). The normalized spacial score (nSPS) is 13.6. The quantitative estimate of drug-likeness (QED) is 0.211. The Hall–Kier alpha value is -4.42. The number of nitrogens with zero attached hydrogens (tertiary/aromatic N) is 1. The van der Waals surface area contributed by atoms with Crippen LogP contribution in [0.15, 0.2) is 109 Å². The van der Waals surface area contributed by atoms with Gasteiger partial charge in [0.2, 0.25) is 5.91 Å². The first-order valence-electron chi connectivity index (χ1n) is 14.7. The maximum Gasteiger partial charge on any atom is 0.253 e. The van der Waals surface area contributed by atoms with Crippen molar-refractivity contribution in [1.82, 2.24) is 5.32 Å². The van der Waals surface area contributed by atoms with Crippen molar-refractivity contribution in [3.05, 3.63) is 131 Å². The molecule has 1 heterocycles. The molecule has 0 radical (unpaired) electrons. The molecule has 4 aromatic carbocycles. The van der Waals surface area contributed by atoms with Gasteiger partial charge in [0.25, 0.3) is 5.91 Å². The third kappa shape index (κ3) is 7.45. The van der Waals surface area contributed by atoms with Crippen LogP contribution in [0.25, 0.3) is 0 Å². The number of methoxy groups -OCH3 is 1. The molecule has 4 aromatic rings. The van der Waals surface area contributed by atoms with Crippen molar-refractivity contribution < 1.29 is 14.3 Å². The number of carbonyl (C=O) groups excluding carboxylic acids is 2. The summed E-state index contributed by atoms with van der Waals surface area (Å²) in [5.41, 5.74) is 5.24. The monoisotopic (exact) mass is 561 g/mol. The molecule has 0 aliphatic carbocycles. The molecule has 0 atom stereocenters. The van der Waals surface area contributed by atoms with E-state index >= 15 is 0 Å². The van der Waals surface area contributed by atoms with Gasteiger partial charge in [0.05, 0.1) is 18.1 Å². The van der Waals surface area contributed by atoms with E-state index in [4.69, 9.17) is 4.74 Å². The average Bonchev–Trinajstić information content (AvgIpc) is 3.03. The molecule has 2 N–H and O–H groups in total. The van der Waals surface area contributed by atoms with Gasteiger partial charge in [-0.05, 0) is 60.1 Å². The minimum Gasteiger partial charge on any atom is -0.383 e. The van der Waals surface area contributed by atoms with Crippen LogP contribution in [-0.4, -0.2) is 45.2 Å². The van der Waals surface area contributed by atoms with Crippen molar-refractivity contribution in [3.8, 4) is 0 Å². The molecule has 0 aromatic heterocycles. The molecular weight excluding hydrogens is 522 g/mol. The van der Waals surface area contributed by atoms with Gasteiger partial charge in [-0.3, -0.25) is 9.59 Å². The molecule has 0 unspecified atom stereocenters. The summed E-state index contributed by atoms with van der Waals surface area (Å²) in [7, 11) is 1.61. The number of rotatable bonds is 11. The number of ether oxygens (including phenoxy) is 1. The highest BCUT2D eigenvalue weighted by molar-refractivity contribution is 6.03. The van der Waals surface area contributed by atoms with Crippen LogP contribution in [0.4, 0.5) is 11.4 Å². The van der Waals surface area contributed by atoms with Crippen molar-refractivity contribution in [3.63, 3.8) is 0 Å². The molecule has 6 heteroatoms. The number of amides is 2. The predicted molar refractivity (Wildman–Crippen MR) is 169 cm³/mol. The van der Waals surface area contributed by atoms with Gasteiger partial charge < -0.3 is 20.3 Å². The Balaban J connectivity index is 1.35. The van der Waals surface area contributed by atoms with E-state index in [0.29, 0.717) is 30.3 Å². The lowest BCUT2D eigenvalue weighted by molar-refractivity contribution is -0.116. The van der Waals surface area contributed by atoms with E-state index in [9.17, 15) is 9.59 Å². The Morgan fingerprint density at radius 2 is 1.43 bits per heavy atom. The summed E-state index contributed by atoms with van der Waals surface area (Å²) in [4.78, 5) is 29.4. The fourth-order valence-electron chi connectivity index (χ4n) is 5.76.